The quantitative estimate of drug-likeness (QED) is 0.584. The second-order valence-electron chi connectivity index (χ2n) is 3.42. The number of piperazine rings is 1. The summed E-state index contributed by atoms with van der Waals surface area (Å²) in [5.41, 5.74) is -0.548. The highest BCUT2D eigenvalue weighted by molar-refractivity contribution is 6.21. The zero-order valence-electron chi connectivity index (χ0n) is 8.45. The molecule has 1 aromatic rings. The van der Waals surface area contributed by atoms with Crippen LogP contribution in [0.2, 0.25) is 0 Å². The van der Waals surface area contributed by atoms with Crippen LogP contribution in [0.15, 0.2) is 18.6 Å². The maximum atomic E-state index is 10.8. The molecule has 1 fully saturated rings. The molecule has 0 aliphatic carbocycles. The highest BCUT2D eigenvalue weighted by atomic mass is 35.5. The van der Waals surface area contributed by atoms with Crippen LogP contribution in [-0.4, -0.2) is 51.2 Å². The van der Waals surface area contributed by atoms with Crippen molar-refractivity contribution in [2.24, 2.45) is 0 Å². The van der Waals surface area contributed by atoms with E-state index in [1.54, 1.807) is 18.6 Å². The number of nitrogens with zero attached hydrogens (tertiary/aromatic N) is 4. The molecule has 0 aromatic carbocycles. The summed E-state index contributed by atoms with van der Waals surface area (Å²) < 4.78 is 0. The van der Waals surface area contributed by atoms with Gasteiger partial charge in [0, 0.05) is 25.5 Å². The third kappa shape index (κ3) is 2.16. The monoisotopic (exact) mass is 242 g/mol. The fraction of sp³-hybridized carbons (Fsp3) is 0.444. The molecule has 0 radical (unpaired) electrons. The number of amides is 1. The third-order valence-electron chi connectivity index (χ3n) is 2.44. The minimum atomic E-state index is -0.987. The van der Waals surface area contributed by atoms with Gasteiger partial charge in [0.2, 0.25) is 0 Å². The molecular weight excluding hydrogens is 232 g/mol. The molecule has 2 rings (SSSR count). The van der Waals surface area contributed by atoms with Gasteiger partial charge in [-0.2, -0.15) is 0 Å². The molecule has 2 heterocycles. The van der Waals surface area contributed by atoms with Crippen molar-refractivity contribution in [3.63, 3.8) is 0 Å². The van der Waals surface area contributed by atoms with Gasteiger partial charge in [0.25, 0.3) is 0 Å². The molecule has 0 spiro atoms. The van der Waals surface area contributed by atoms with E-state index in [1.807, 2.05) is 4.90 Å². The number of alkyl halides is 1. The van der Waals surface area contributed by atoms with E-state index in [1.165, 1.54) is 4.90 Å². The molecule has 1 unspecified atom stereocenters. The number of hydrogen-bond donors (Lipinski definition) is 1. The molecule has 1 atom stereocenters. The van der Waals surface area contributed by atoms with E-state index in [-0.39, 0.29) is 0 Å². The molecule has 1 aliphatic heterocycles. The number of carbonyl (C=O) groups is 1. The summed E-state index contributed by atoms with van der Waals surface area (Å²) in [6.07, 6.45) is 3.84. The van der Waals surface area contributed by atoms with Gasteiger partial charge in [-0.3, -0.25) is 9.88 Å². The summed E-state index contributed by atoms with van der Waals surface area (Å²) in [6.45, 7) is 1.38. The molecule has 1 saturated heterocycles. The van der Waals surface area contributed by atoms with Crippen molar-refractivity contribution in [2.45, 2.75) is 5.50 Å². The number of rotatable bonds is 1. The number of aromatic nitrogens is 2. The van der Waals surface area contributed by atoms with E-state index in [0.717, 1.165) is 5.82 Å². The normalized spacial score (nSPS) is 20.9. The van der Waals surface area contributed by atoms with Crippen LogP contribution in [0, 0.1) is 0 Å². The SMILES string of the molecule is O=C(O)N1CCN(c2cnccn2)CC1Cl. The number of carboxylic acid groups (broad SMARTS) is 1. The van der Waals surface area contributed by atoms with Crippen LogP contribution in [0.3, 0.4) is 0 Å². The van der Waals surface area contributed by atoms with Crippen LogP contribution in [0.4, 0.5) is 10.6 Å². The smallest absolute Gasteiger partial charge is 0.408 e. The van der Waals surface area contributed by atoms with Crippen molar-refractivity contribution < 1.29 is 9.90 Å². The first kappa shape index (κ1) is 10.9. The summed E-state index contributed by atoms with van der Waals surface area (Å²) in [7, 11) is 0. The fourth-order valence-electron chi connectivity index (χ4n) is 1.62. The zero-order valence-corrected chi connectivity index (χ0v) is 9.21. The Morgan fingerprint density at radius 1 is 1.50 bits per heavy atom. The van der Waals surface area contributed by atoms with Gasteiger partial charge in [-0.25, -0.2) is 9.78 Å². The van der Waals surface area contributed by atoms with Crippen LogP contribution in [-0.2, 0) is 0 Å². The summed E-state index contributed by atoms with van der Waals surface area (Å²) in [5, 5.41) is 8.86. The molecule has 1 N–H and O–H groups in total. The van der Waals surface area contributed by atoms with Crippen LogP contribution in [0.1, 0.15) is 0 Å². The molecule has 1 aromatic heterocycles. The molecule has 7 heteroatoms. The van der Waals surface area contributed by atoms with Gasteiger partial charge >= 0.3 is 6.09 Å². The summed E-state index contributed by atoms with van der Waals surface area (Å²) >= 11 is 5.98. The average Bonchev–Trinajstić information content (AvgIpc) is 2.29. The van der Waals surface area contributed by atoms with Crippen molar-refractivity contribution in [2.75, 3.05) is 24.5 Å². The number of anilines is 1. The first-order valence-corrected chi connectivity index (χ1v) is 5.26. The third-order valence-corrected chi connectivity index (χ3v) is 2.81. The molecule has 86 valence electrons. The highest BCUT2D eigenvalue weighted by Gasteiger charge is 2.29. The van der Waals surface area contributed by atoms with Gasteiger partial charge in [0.05, 0.1) is 12.7 Å². The Balaban J connectivity index is 2.05. The predicted octanol–water partition coefficient (Wildman–Crippen LogP) is 0.842. The van der Waals surface area contributed by atoms with E-state index < -0.39 is 11.6 Å². The summed E-state index contributed by atoms with van der Waals surface area (Å²) in [6, 6.07) is 0. The zero-order chi connectivity index (χ0) is 11.5. The minimum absolute atomic E-state index is 0.375. The molecule has 0 saturated carbocycles. The van der Waals surface area contributed by atoms with Crippen molar-refractivity contribution in [3.05, 3.63) is 18.6 Å². The summed E-state index contributed by atoms with van der Waals surface area (Å²) in [5.74, 6) is 0.721. The first-order chi connectivity index (χ1) is 7.68. The number of halogens is 1. The Hall–Kier alpha value is -1.56. The van der Waals surface area contributed by atoms with Gasteiger partial charge < -0.3 is 10.0 Å². The van der Waals surface area contributed by atoms with E-state index in [2.05, 4.69) is 9.97 Å². The Kier molecular flexibility index (Phi) is 3.09. The van der Waals surface area contributed by atoms with Gasteiger partial charge in [0.15, 0.2) is 0 Å². The van der Waals surface area contributed by atoms with Gasteiger partial charge in [-0.05, 0) is 0 Å². The predicted molar refractivity (Wildman–Crippen MR) is 58.6 cm³/mol. The van der Waals surface area contributed by atoms with Crippen LogP contribution in [0.5, 0.6) is 0 Å². The maximum Gasteiger partial charge on any atom is 0.408 e. The van der Waals surface area contributed by atoms with E-state index >= 15 is 0 Å². The molecular formula is C9H11ClN4O2. The lowest BCUT2D eigenvalue weighted by Crippen LogP contribution is -2.52. The van der Waals surface area contributed by atoms with Crippen LogP contribution < -0.4 is 4.90 Å². The fourth-order valence-corrected chi connectivity index (χ4v) is 1.97. The second kappa shape index (κ2) is 4.52. The molecule has 6 nitrogen and oxygen atoms in total. The lowest BCUT2D eigenvalue weighted by molar-refractivity contribution is 0.135. The topological polar surface area (TPSA) is 69.6 Å². The van der Waals surface area contributed by atoms with E-state index in [9.17, 15) is 4.79 Å². The summed E-state index contributed by atoms with van der Waals surface area (Å²) in [4.78, 5) is 22.0. The van der Waals surface area contributed by atoms with Crippen molar-refractivity contribution >= 4 is 23.5 Å². The molecule has 0 bridgehead atoms. The molecule has 1 amide bonds. The largest absolute Gasteiger partial charge is 0.465 e. The standard InChI is InChI=1S/C9H11ClN4O2/c10-7-6-13(3-4-14(7)9(15)16)8-5-11-1-2-12-8/h1-2,5,7H,3-4,6H2,(H,15,16). The Bertz CT molecular complexity index is 375. The van der Waals surface area contributed by atoms with Gasteiger partial charge in [-0.15, -0.1) is 0 Å². The van der Waals surface area contributed by atoms with Gasteiger partial charge in [0.1, 0.15) is 11.3 Å². The van der Waals surface area contributed by atoms with Crippen molar-refractivity contribution in [1.82, 2.24) is 14.9 Å². The Morgan fingerprint density at radius 3 is 2.88 bits per heavy atom. The Labute approximate surface area is 97.5 Å². The maximum absolute atomic E-state index is 10.8. The Morgan fingerprint density at radius 2 is 2.31 bits per heavy atom. The van der Waals surface area contributed by atoms with Gasteiger partial charge in [-0.1, -0.05) is 11.6 Å². The highest BCUT2D eigenvalue weighted by Crippen LogP contribution is 2.17. The van der Waals surface area contributed by atoms with Crippen LogP contribution in [0.25, 0.3) is 0 Å². The van der Waals surface area contributed by atoms with E-state index in [4.69, 9.17) is 16.7 Å². The molecule has 1 aliphatic rings. The van der Waals surface area contributed by atoms with Crippen LogP contribution >= 0.6 is 11.6 Å². The lowest BCUT2D eigenvalue weighted by Gasteiger charge is -2.37. The van der Waals surface area contributed by atoms with E-state index in [0.29, 0.717) is 19.6 Å². The lowest BCUT2D eigenvalue weighted by atomic mass is 10.3. The molecule has 16 heavy (non-hydrogen) atoms. The second-order valence-corrected chi connectivity index (χ2v) is 3.92. The minimum Gasteiger partial charge on any atom is -0.465 e. The number of hydrogen-bond acceptors (Lipinski definition) is 4. The first-order valence-electron chi connectivity index (χ1n) is 4.83. The van der Waals surface area contributed by atoms with Crippen molar-refractivity contribution in [3.8, 4) is 0 Å². The van der Waals surface area contributed by atoms with Crippen molar-refractivity contribution in [1.29, 1.82) is 0 Å². The average molecular weight is 243 g/mol.